The molecule has 0 amide bonds. The van der Waals surface area contributed by atoms with Crippen LogP contribution in [-0.2, 0) is 14.9 Å². The van der Waals surface area contributed by atoms with Gasteiger partial charge in [-0.2, -0.15) is 0 Å². The predicted molar refractivity (Wildman–Crippen MR) is 57.7 cm³/mol. The molecule has 3 nitrogen and oxygen atoms in total. The van der Waals surface area contributed by atoms with Gasteiger partial charge in [0.05, 0.1) is 13.0 Å². The molecule has 3 heteroatoms. The molecule has 0 saturated carbocycles. The number of esters is 1. The highest BCUT2D eigenvalue weighted by molar-refractivity contribution is 5.73. The molecule has 1 aromatic rings. The number of aryl methyl sites for hydroxylation is 1. The SMILES string of the molecule is COC(=O)C(C)C(C)(C)c1ccc(C)o1. The van der Waals surface area contributed by atoms with E-state index in [-0.39, 0.29) is 17.3 Å². The zero-order valence-corrected chi connectivity index (χ0v) is 9.96. The molecule has 0 spiro atoms. The molecule has 84 valence electrons. The minimum atomic E-state index is -0.346. The fourth-order valence-electron chi connectivity index (χ4n) is 1.47. The van der Waals surface area contributed by atoms with Crippen molar-refractivity contribution in [2.45, 2.75) is 33.1 Å². The van der Waals surface area contributed by atoms with Crippen molar-refractivity contribution in [3.05, 3.63) is 23.7 Å². The summed E-state index contributed by atoms with van der Waals surface area (Å²) in [4.78, 5) is 11.5. The Kier molecular flexibility index (Phi) is 3.22. The summed E-state index contributed by atoms with van der Waals surface area (Å²) in [6, 6.07) is 3.82. The van der Waals surface area contributed by atoms with E-state index in [2.05, 4.69) is 0 Å². The van der Waals surface area contributed by atoms with Gasteiger partial charge in [0, 0.05) is 5.41 Å². The number of carbonyl (C=O) groups is 1. The van der Waals surface area contributed by atoms with Crippen LogP contribution >= 0.6 is 0 Å². The second kappa shape index (κ2) is 4.09. The lowest BCUT2D eigenvalue weighted by molar-refractivity contribution is -0.147. The van der Waals surface area contributed by atoms with Gasteiger partial charge in [-0.1, -0.05) is 20.8 Å². The molecule has 1 heterocycles. The van der Waals surface area contributed by atoms with E-state index in [0.29, 0.717) is 0 Å². The fourth-order valence-corrected chi connectivity index (χ4v) is 1.47. The van der Waals surface area contributed by atoms with Crippen LogP contribution in [-0.4, -0.2) is 13.1 Å². The van der Waals surface area contributed by atoms with Crippen molar-refractivity contribution in [2.24, 2.45) is 5.92 Å². The third kappa shape index (κ3) is 2.22. The molecule has 1 rings (SSSR count). The van der Waals surface area contributed by atoms with E-state index in [1.807, 2.05) is 39.8 Å². The summed E-state index contributed by atoms with van der Waals surface area (Å²) >= 11 is 0. The van der Waals surface area contributed by atoms with Gasteiger partial charge in [0.1, 0.15) is 11.5 Å². The van der Waals surface area contributed by atoms with Crippen LogP contribution in [0.15, 0.2) is 16.5 Å². The van der Waals surface area contributed by atoms with Crippen molar-refractivity contribution in [2.75, 3.05) is 7.11 Å². The Labute approximate surface area is 90.4 Å². The Bertz CT molecular complexity index is 350. The van der Waals surface area contributed by atoms with Crippen molar-refractivity contribution < 1.29 is 13.9 Å². The van der Waals surface area contributed by atoms with Crippen LogP contribution in [0.4, 0.5) is 0 Å². The van der Waals surface area contributed by atoms with Crippen LogP contribution < -0.4 is 0 Å². The van der Waals surface area contributed by atoms with Crippen molar-refractivity contribution in [1.29, 1.82) is 0 Å². The zero-order chi connectivity index (χ0) is 11.6. The molecule has 0 aromatic carbocycles. The molecule has 0 aliphatic rings. The van der Waals surface area contributed by atoms with E-state index >= 15 is 0 Å². The van der Waals surface area contributed by atoms with Crippen LogP contribution in [0.25, 0.3) is 0 Å². The highest BCUT2D eigenvalue weighted by Gasteiger charge is 2.36. The first-order chi connectivity index (χ1) is 6.89. The maximum atomic E-state index is 11.5. The van der Waals surface area contributed by atoms with Crippen LogP contribution in [0.1, 0.15) is 32.3 Å². The molecule has 0 fully saturated rings. The second-order valence-corrected chi connectivity index (χ2v) is 4.38. The maximum Gasteiger partial charge on any atom is 0.309 e. The molecular formula is C12H18O3. The first-order valence-corrected chi connectivity index (χ1v) is 5.04. The molecule has 0 N–H and O–H groups in total. The maximum absolute atomic E-state index is 11.5. The molecule has 0 aliphatic carbocycles. The Morgan fingerprint density at radius 2 is 2.07 bits per heavy atom. The fraction of sp³-hybridized carbons (Fsp3) is 0.583. The number of hydrogen-bond donors (Lipinski definition) is 0. The Balaban J connectivity index is 2.96. The summed E-state index contributed by atoms with van der Waals surface area (Å²) < 4.78 is 10.3. The van der Waals surface area contributed by atoms with Crippen LogP contribution in [0.5, 0.6) is 0 Å². The number of furan rings is 1. The van der Waals surface area contributed by atoms with Gasteiger partial charge in [-0.15, -0.1) is 0 Å². The lowest BCUT2D eigenvalue weighted by Crippen LogP contribution is -2.33. The predicted octanol–water partition coefficient (Wildman–Crippen LogP) is 2.67. The average molecular weight is 210 g/mol. The van der Waals surface area contributed by atoms with E-state index in [4.69, 9.17) is 9.15 Å². The molecule has 0 radical (unpaired) electrons. The van der Waals surface area contributed by atoms with Crippen molar-refractivity contribution in [3.63, 3.8) is 0 Å². The van der Waals surface area contributed by atoms with E-state index in [1.165, 1.54) is 7.11 Å². The molecule has 0 saturated heterocycles. The smallest absolute Gasteiger partial charge is 0.309 e. The summed E-state index contributed by atoms with van der Waals surface area (Å²) in [7, 11) is 1.41. The number of methoxy groups -OCH3 is 1. The quantitative estimate of drug-likeness (QED) is 0.720. The third-order valence-corrected chi connectivity index (χ3v) is 3.01. The third-order valence-electron chi connectivity index (χ3n) is 3.01. The number of hydrogen-bond acceptors (Lipinski definition) is 3. The molecule has 0 aliphatic heterocycles. The first-order valence-electron chi connectivity index (χ1n) is 5.04. The van der Waals surface area contributed by atoms with Crippen LogP contribution in [0.3, 0.4) is 0 Å². The van der Waals surface area contributed by atoms with Crippen LogP contribution in [0, 0.1) is 12.8 Å². The van der Waals surface area contributed by atoms with Gasteiger partial charge < -0.3 is 9.15 Å². The van der Waals surface area contributed by atoms with E-state index in [0.717, 1.165) is 11.5 Å². The summed E-state index contributed by atoms with van der Waals surface area (Å²) in [6.07, 6.45) is 0. The summed E-state index contributed by atoms with van der Waals surface area (Å²) in [5, 5.41) is 0. The highest BCUT2D eigenvalue weighted by atomic mass is 16.5. The lowest BCUT2D eigenvalue weighted by Gasteiger charge is -2.27. The Morgan fingerprint density at radius 1 is 1.47 bits per heavy atom. The van der Waals surface area contributed by atoms with Gasteiger partial charge in [-0.25, -0.2) is 0 Å². The van der Waals surface area contributed by atoms with E-state index in [1.54, 1.807) is 0 Å². The largest absolute Gasteiger partial charge is 0.469 e. The molecular weight excluding hydrogens is 192 g/mol. The lowest BCUT2D eigenvalue weighted by atomic mass is 9.78. The van der Waals surface area contributed by atoms with Crippen molar-refractivity contribution in [1.82, 2.24) is 0 Å². The average Bonchev–Trinajstić information content (AvgIpc) is 2.63. The van der Waals surface area contributed by atoms with Crippen molar-refractivity contribution >= 4 is 5.97 Å². The Hall–Kier alpha value is -1.25. The number of ether oxygens (including phenoxy) is 1. The molecule has 0 bridgehead atoms. The topological polar surface area (TPSA) is 39.4 Å². The summed E-state index contributed by atoms with van der Waals surface area (Å²) in [6.45, 7) is 7.70. The van der Waals surface area contributed by atoms with E-state index in [9.17, 15) is 4.79 Å². The van der Waals surface area contributed by atoms with Gasteiger partial charge in [-0.3, -0.25) is 4.79 Å². The van der Waals surface area contributed by atoms with Gasteiger partial charge >= 0.3 is 5.97 Å². The minimum absolute atomic E-state index is 0.214. The highest BCUT2D eigenvalue weighted by Crippen LogP contribution is 2.33. The summed E-state index contributed by atoms with van der Waals surface area (Å²) in [5.74, 6) is 1.23. The molecule has 1 aromatic heterocycles. The number of rotatable bonds is 3. The normalized spacial score (nSPS) is 13.7. The van der Waals surface area contributed by atoms with Crippen molar-refractivity contribution in [3.8, 4) is 0 Å². The monoisotopic (exact) mass is 210 g/mol. The Morgan fingerprint density at radius 3 is 2.47 bits per heavy atom. The first kappa shape index (κ1) is 11.8. The van der Waals surface area contributed by atoms with Crippen LogP contribution in [0.2, 0.25) is 0 Å². The zero-order valence-electron chi connectivity index (χ0n) is 9.96. The van der Waals surface area contributed by atoms with Gasteiger partial charge in [0.25, 0.3) is 0 Å². The molecule has 15 heavy (non-hydrogen) atoms. The van der Waals surface area contributed by atoms with E-state index < -0.39 is 0 Å². The summed E-state index contributed by atoms with van der Waals surface area (Å²) in [5.41, 5.74) is -0.346. The standard InChI is InChI=1S/C12H18O3/c1-8-6-7-10(15-8)12(3,4)9(2)11(13)14-5/h6-7,9H,1-5H3. The van der Waals surface area contributed by atoms with Gasteiger partial charge in [-0.05, 0) is 19.1 Å². The minimum Gasteiger partial charge on any atom is -0.469 e. The molecule has 1 atom stereocenters. The van der Waals surface area contributed by atoms with Gasteiger partial charge in [0.2, 0.25) is 0 Å². The molecule has 1 unspecified atom stereocenters. The second-order valence-electron chi connectivity index (χ2n) is 4.38. The van der Waals surface area contributed by atoms with Gasteiger partial charge in [0.15, 0.2) is 0 Å². The number of carbonyl (C=O) groups excluding carboxylic acids is 1.